The fourth-order valence-corrected chi connectivity index (χ4v) is 1.71. The van der Waals surface area contributed by atoms with E-state index >= 15 is 0 Å². The molecule has 0 saturated heterocycles. The first kappa shape index (κ1) is 7.22. The Labute approximate surface area is 48.9 Å². The maximum absolute atomic E-state index is 3.91. The van der Waals surface area contributed by atoms with Gasteiger partial charge in [-0.1, -0.05) is 19.7 Å². The van der Waals surface area contributed by atoms with Crippen molar-refractivity contribution in [2.24, 2.45) is 5.92 Å². The van der Waals surface area contributed by atoms with E-state index in [9.17, 15) is 0 Å². The summed E-state index contributed by atoms with van der Waals surface area (Å²) in [5.74, 6) is 6.01. The zero-order chi connectivity index (χ0) is 5.86. The van der Waals surface area contributed by atoms with Crippen molar-refractivity contribution in [1.29, 1.82) is 0 Å². The van der Waals surface area contributed by atoms with Crippen LogP contribution in [0.15, 0.2) is 0 Å². The van der Waals surface area contributed by atoms with E-state index in [4.69, 9.17) is 0 Å². The maximum Gasteiger partial charge on any atom is -0.0102 e. The highest BCUT2D eigenvalue weighted by Crippen LogP contribution is 2.07. The molecule has 0 aromatic rings. The first-order valence-corrected chi connectivity index (χ1v) is 4.52. The summed E-state index contributed by atoms with van der Waals surface area (Å²) in [6.07, 6.45) is 2.18. The molecule has 0 aliphatic rings. The molecular weight excluding hydrogens is 104 g/mol. The summed E-state index contributed by atoms with van der Waals surface area (Å²) in [6, 6.07) is 0. The molecule has 0 aromatic carbocycles. The van der Waals surface area contributed by atoms with Crippen molar-refractivity contribution < 1.29 is 0 Å². The summed E-state index contributed by atoms with van der Waals surface area (Å²) in [5, 5.41) is 0. The van der Waals surface area contributed by atoms with Gasteiger partial charge < -0.3 is 0 Å². The van der Waals surface area contributed by atoms with Crippen LogP contribution in [0.25, 0.3) is 0 Å². The van der Waals surface area contributed by atoms with Crippen molar-refractivity contribution in [3.05, 3.63) is 0 Å². The zero-order valence-corrected chi connectivity index (χ0v) is 6.22. The van der Waals surface area contributed by atoms with Crippen LogP contribution in [-0.2, 0) is 0 Å². The molecule has 44 valence electrons. The Balaban J connectivity index is 3.13. The van der Waals surface area contributed by atoms with E-state index in [1.165, 1.54) is 5.75 Å². The summed E-state index contributed by atoms with van der Waals surface area (Å²) in [4.78, 5) is 0. The molecule has 0 bridgehead atoms. The number of hydrogen-bond donors (Lipinski definition) is 0. The van der Waals surface area contributed by atoms with E-state index in [0.717, 1.165) is 5.92 Å². The Hall–Kier alpha value is 0.220. The topological polar surface area (TPSA) is 0 Å². The molecular formula is C6H14S. The lowest BCUT2D eigenvalue weighted by molar-refractivity contribution is 0.751. The van der Waals surface area contributed by atoms with Crippen LogP contribution in [0, 0.1) is 5.92 Å². The van der Waals surface area contributed by atoms with Crippen molar-refractivity contribution in [3.63, 3.8) is 0 Å². The Kier molecular flexibility index (Phi) is 3.35. The molecule has 1 unspecified atom stereocenters. The third-order valence-corrected chi connectivity index (χ3v) is 1.85. The van der Waals surface area contributed by atoms with Gasteiger partial charge in [0.05, 0.1) is 0 Å². The molecule has 0 aliphatic carbocycles. The van der Waals surface area contributed by atoms with Gasteiger partial charge >= 0.3 is 0 Å². The second-order valence-electron chi connectivity index (χ2n) is 2.34. The quantitative estimate of drug-likeness (QED) is 0.486. The molecule has 1 heteroatoms. The molecule has 0 saturated carbocycles. The Bertz CT molecular complexity index is 64.6. The van der Waals surface area contributed by atoms with Crippen LogP contribution in [0.1, 0.15) is 13.8 Å². The SMILES string of the molecule is C=S(C)CC(C)C. The Morgan fingerprint density at radius 1 is 1.57 bits per heavy atom. The number of hydrogen-bond acceptors (Lipinski definition) is 0. The molecule has 7 heavy (non-hydrogen) atoms. The zero-order valence-electron chi connectivity index (χ0n) is 5.40. The molecule has 0 fully saturated rings. The summed E-state index contributed by atoms with van der Waals surface area (Å²) < 4.78 is 0. The van der Waals surface area contributed by atoms with Crippen LogP contribution in [0.3, 0.4) is 0 Å². The van der Waals surface area contributed by atoms with Crippen molar-refractivity contribution in [3.8, 4) is 0 Å². The van der Waals surface area contributed by atoms with E-state index in [0.29, 0.717) is 10.5 Å². The molecule has 0 spiro atoms. The third-order valence-electron chi connectivity index (χ3n) is 0.618. The monoisotopic (exact) mass is 118 g/mol. The number of rotatable bonds is 2. The molecule has 0 radical (unpaired) electrons. The fourth-order valence-electron chi connectivity index (χ4n) is 0.569. The largest absolute Gasteiger partial charge is 0.196 e. The Morgan fingerprint density at radius 2 is 2.00 bits per heavy atom. The molecule has 0 rings (SSSR count). The molecule has 0 amide bonds. The van der Waals surface area contributed by atoms with Gasteiger partial charge in [-0.15, -0.1) is 0 Å². The lowest BCUT2D eigenvalue weighted by Gasteiger charge is -2.01. The third kappa shape index (κ3) is 6.22. The van der Waals surface area contributed by atoms with Gasteiger partial charge in [0.2, 0.25) is 0 Å². The maximum atomic E-state index is 3.91. The summed E-state index contributed by atoms with van der Waals surface area (Å²) in [6.45, 7) is 4.46. The van der Waals surface area contributed by atoms with Gasteiger partial charge in [0.25, 0.3) is 0 Å². The molecule has 0 nitrogen and oxygen atoms in total. The van der Waals surface area contributed by atoms with Crippen LogP contribution in [0.5, 0.6) is 0 Å². The fraction of sp³-hybridized carbons (Fsp3) is 0.833. The molecule has 0 aromatic heterocycles. The minimum Gasteiger partial charge on any atom is -0.196 e. The van der Waals surface area contributed by atoms with E-state index in [1.807, 2.05) is 0 Å². The predicted octanol–water partition coefficient (Wildman–Crippen LogP) is 1.97. The van der Waals surface area contributed by atoms with E-state index < -0.39 is 0 Å². The van der Waals surface area contributed by atoms with Crippen LogP contribution < -0.4 is 0 Å². The minimum absolute atomic E-state index is 0.404. The van der Waals surface area contributed by atoms with E-state index in [1.54, 1.807) is 0 Å². The highest BCUT2D eigenvalue weighted by molar-refractivity contribution is 8.13. The first-order valence-electron chi connectivity index (χ1n) is 2.55. The molecule has 0 heterocycles. The van der Waals surface area contributed by atoms with Crippen molar-refractivity contribution >= 4 is 16.4 Å². The normalized spacial score (nSPS) is 14.9. The van der Waals surface area contributed by atoms with Gasteiger partial charge in [0, 0.05) is 0 Å². The van der Waals surface area contributed by atoms with Gasteiger partial charge in [-0.25, -0.2) is 0 Å². The van der Waals surface area contributed by atoms with Crippen LogP contribution in [0.4, 0.5) is 0 Å². The average Bonchev–Trinajstić information content (AvgIpc) is 1.27. The van der Waals surface area contributed by atoms with Gasteiger partial charge in [-0.3, -0.25) is 0 Å². The summed E-state index contributed by atoms with van der Waals surface area (Å²) in [7, 11) is 0.404. The van der Waals surface area contributed by atoms with Gasteiger partial charge in [0.1, 0.15) is 0 Å². The highest BCUT2D eigenvalue weighted by Gasteiger charge is 1.88. The Morgan fingerprint density at radius 3 is 2.00 bits per heavy atom. The van der Waals surface area contributed by atoms with Crippen LogP contribution in [0.2, 0.25) is 0 Å². The molecule has 0 aliphatic heterocycles. The predicted molar refractivity (Wildman–Crippen MR) is 40.3 cm³/mol. The smallest absolute Gasteiger partial charge is 0.0102 e. The van der Waals surface area contributed by atoms with Gasteiger partial charge in [0.15, 0.2) is 0 Å². The van der Waals surface area contributed by atoms with E-state index in [2.05, 4.69) is 26.0 Å². The first-order chi connectivity index (χ1) is 3.13. The molecule has 0 N–H and O–H groups in total. The second-order valence-corrected chi connectivity index (χ2v) is 4.24. The van der Waals surface area contributed by atoms with Gasteiger partial charge in [-0.2, -0.15) is 10.5 Å². The highest BCUT2D eigenvalue weighted by atomic mass is 32.2. The standard InChI is InChI=1S/C6H14S/c1-6(2)5-7(3)4/h6H,3,5H2,1-2,4H3. The average molecular weight is 118 g/mol. The summed E-state index contributed by atoms with van der Waals surface area (Å²) >= 11 is 0. The lowest BCUT2D eigenvalue weighted by Crippen LogP contribution is -1.90. The van der Waals surface area contributed by atoms with Crippen molar-refractivity contribution in [2.45, 2.75) is 13.8 Å². The van der Waals surface area contributed by atoms with Gasteiger partial charge in [-0.05, 0) is 17.9 Å². The second kappa shape index (κ2) is 3.25. The van der Waals surface area contributed by atoms with Crippen molar-refractivity contribution in [1.82, 2.24) is 0 Å². The van der Waals surface area contributed by atoms with Crippen molar-refractivity contribution in [2.75, 3.05) is 12.0 Å². The summed E-state index contributed by atoms with van der Waals surface area (Å²) in [5.41, 5.74) is 0. The molecule has 1 atom stereocenters. The van der Waals surface area contributed by atoms with Crippen LogP contribution >= 0.6 is 10.5 Å². The minimum atomic E-state index is 0.404. The van der Waals surface area contributed by atoms with Crippen LogP contribution in [-0.4, -0.2) is 17.9 Å². The van der Waals surface area contributed by atoms with E-state index in [-0.39, 0.29) is 0 Å². The lowest BCUT2D eigenvalue weighted by atomic mass is 10.3.